The van der Waals surface area contributed by atoms with E-state index < -0.39 is 0 Å². The number of nitrogens with one attached hydrogen (secondary N) is 1. The van der Waals surface area contributed by atoms with Crippen molar-refractivity contribution in [3.05, 3.63) is 59.8 Å². The third kappa shape index (κ3) is 4.17. The predicted octanol–water partition coefficient (Wildman–Crippen LogP) is 4.42. The number of anilines is 1. The lowest BCUT2D eigenvalue weighted by molar-refractivity contribution is -0.113. The summed E-state index contributed by atoms with van der Waals surface area (Å²) in [4.78, 5) is 12.2. The van der Waals surface area contributed by atoms with Gasteiger partial charge >= 0.3 is 0 Å². The minimum Gasteiger partial charge on any atom is -0.461 e. The lowest BCUT2D eigenvalue weighted by Gasteiger charge is -2.08. The van der Waals surface area contributed by atoms with Gasteiger partial charge in [0.25, 0.3) is 0 Å². The molecule has 2 aromatic heterocycles. The maximum Gasteiger partial charge on any atom is 0.234 e. The number of amides is 1. The van der Waals surface area contributed by atoms with Crippen molar-refractivity contribution in [1.82, 2.24) is 14.8 Å². The van der Waals surface area contributed by atoms with Crippen molar-refractivity contribution in [2.24, 2.45) is 0 Å². The van der Waals surface area contributed by atoms with Crippen LogP contribution in [0.4, 0.5) is 5.69 Å². The number of benzene rings is 1. The summed E-state index contributed by atoms with van der Waals surface area (Å²) in [6.07, 6.45) is 3.32. The number of hydrogen-bond acceptors (Lipinski definition) is 5. The summed E-state index contributed by atoms with van der Waals surface area (Å²) in [5.74, 6) is 1.26. The highest BCUT2D eigenvalue weighted by molar-refractivity contribution is 7.99. The molecule has 1 aromatic carbocycles. The highest BCUT2D eigenvalue weighted by atomic mass is 35.5. The molecule has 3 rings (SSSR count). The Hall–Kier alpha value is -2.51. The van der Waals surface area contributed by atoms with E-state index in [0.717, 1.165) is 5.56 Å². The zero-order chi connectivity index (χ0) is 18.5. The number of furan rings is 1. The number of hydrogen-bond donors (Lipinski definition) is 1. The molecule has 134 valence electrons. The number of halogens is 1. The standard InChI is InChI=1S/C18H17ClN4O2S/c1-3-8-23-17(15-5-4-9-25-15)21-22-18(23)26-11-16(24)20-13-7-6-12(2)14(19)10-13/h3-7,9-10H,1,8,11H2,2H3,(H,20,24). The van der Waals surface area contributed by atoms with Crippen LogP contribution in [-0.2, 0) is 11.3 Å². The van der Waals surface area contributed by atoms with Crippen LogP contribution >= 0.6 is 23.4 Å². The lowest BCUT2D eigenvalue weighted by Crippen LogP contribution is -2.14. The predicted molar refractivity (Wildman–Crippen MR) is 103 cm³/mol. The number of carbonyl (C=O) groups excluding carboxylic acids is 1. The van der Waals surface area contributed by atoms with Gasteiger partial charge in [0.2, 0.25) is 11.7 Å². The van der Waals surface area contributed by atoms with Gasteiger partial charge in [0, 0.05) is 17.3 Å². The molecule has 0 aliphatic heterocycles. The maximum atomic E-state index is 12.2. The fourth-order valence-electron chi connectivity index (χ4n) is 2.28. The molecule has 0 saturated heterocycles. The highest BCUT2D eigenvalue weighted by Gasteiger charge is 2.16. The van der Waals surface area contributed by atoms with Crippen LogP contribution < -0.4 is 5.32 Å². The third-order valence-corrected chi connectivity index (χ3v) is 4.93. The smallest absolute Gasteiger partial charge is 0.234 e. The summed E-state index contributed by atoms with van der Waals surface area (Å²) in [6, 6.07) is 9.01. The molecule has 3 aromatic rings. The van der Waals surface area contributed by atoms with Gasteiger partial charge in [0.15, 0.2) is 10.9 Å². The average molecular weight is 389 g/mol. The van der Waals surface area contributed by atoms with Gasteiger partial charge in [0.1, 0.15) is 0 Å². The van der Waals surface area contributed by atoms with E-state index in [4.69, 9.17) is 16.0 Å². The Kier molecular flexibility index (Phi) is 5.80. The molecule has 0 saturated carbocycles. The van der Waals surface area contributed by atoms with E-state index in [2.05, 4.69) is 22.1 Å². The van der Waals surface area contributed by atoms with Crippen molar-refractivity contribution in [3.8, 4) is 11.6 Å². The highest BCUT2D eigenvalue weighted by Crippen LogP contribution is 2.25. The summed E-state index contributed by atoms with van der Waals surface area (Å²) in [5, 5.41) is 12.4. The van der Waals surface area contributed by atoms with Crippen LogP contribution in [0.5, 0.6) is 0 Å². The summed E-state index contributed by atoms with van der Waals surface area (Å²) >= 11 is 7.38. The first-order valence-corrected chi connectivity index (χ1v) is 9.21. The molecule has 0 aliphatic carbocycles. The van der Waals surface area contributed by atoms with Crippen molar-refractivity contribution < 1.29 is 9.21 Å². The quantitative estimate of drug-likeness (QED) is 0.479. The second-order valence-corrected chi connectivity index (χ2v) is 6.83. The van der Waals surface area contributed by atoms with Gasteiger partial charge < -0.3 is 9.73 Å². The molecule has 8 heteroatoms. The van der Waals surface area contributed by atoms with Crippen molar-refractivity contribution in [2.45, 2.75) is 18.6 Å². The molecule has 1 N–H and O–H groups in total. The molecule has 0 bridgehead atoms. The fourth-order valence-corrected chi connectivity index (χ4v) is 3.20. The molecular weight excluding hydrogens is 372 g/mol. The number of nitrogens with zero attached hydrogens (tertiary/aromatic N) is 3. The van der Waals surface area contributed by atoms with Crippen LogP contribution in [0, 0.1) is 6.92 Å². The van der Waals surface area contributed by atoms with Crippen LogP contribution in [-0.4, -0.2) is 26.4 Å². The summed E-state index contributed by atoms with van der Waals surface area (Å²) < 4.78 is 7.24. The second kappa shape index (κ2) is 8.25. The molecule has 6 nitrogen and oxygen atoms in total. The van der Waals surface area contributed by atoms with Gasteiger partial charge in [-0.3, -0.25) is 9.36 Å². The summed E-state index contributed by atoms with van der Waals surface area (Å²) in [6.45, 7) is 6.18. The van der Waals surface area contributed by atoms with E-state index in [1.807, 2.05) is 29.7 Å². The van der Waals surface area contributed by atoms with Crippen LogP contribution in [0.1, 0.15) is 5.56 Å². The zero-order valence-electron chi connectivity index (χ0n) is 14.1. The Bertz CT molecular complexity index is 921. The first-order chi connectivity index (χ1) is 12.6. The van der Waals surface area contributed by atoms with E-state index in [1.165, 1.54) is 11.8 Å². The molecule has 0 unspecified atom stereocenters. The number of aryl methyl sites for hydroxylation is 1. The number of rotatable bonds is 7. The Morgan fingerprint density at radius 2 is 2.27 bits per heavy atom. The van der Waals surface area contributed by atoms with E-state index in [9.17, 15) is 4.79 Å². The molecule has 0 spiro atoms. The maximum absolute atomic E-state index is 12.2. The largest absolute Gasteiger partial charge is 0.461 e. The Morgan fingerprint density at radius 3 is 2.96 bits per heavy atom. The number of thioether (sulfide) groups is 1. The van der Waals surface area contributed by atoms with Gasteiger partial charge in [-0.25, -0.2) is 0 Å². The number of carbonyl (C=O) groups is 1. The Morgan fingerprint density at radius 1 is 1.42 bits per heavy atom. The first kappa shape index (κ1) is 18.3. The molecule has 1 amide bonds. The fraction of sp³-hybridized carbons (Fsp3) is 0.167. The third-order valence-electron chi connectivity index (χ3n) is 3.56. The van der Waals surface area contributed by atoms with E-state index in [0.29, 0.717) is 34.0 Å². The van der Waals surface area contributed by atoms with Crippen molar-refractivity contribution in [1.29, 1.82) is 0 Å². The van der Waals surface area contributed by atoms with Gasteiger partial charge in [-0.05, 0) is 36.8 Å². The average Bonchev–Trinajstić information content (AvgIpc) is 3.26. The topological polar surface area (TPSA) is 73.0 Å². The summed E-state index contributed by atoms with van der Waals surface area (Å²) in [5.41, 5.74) is 1.62. The minimum absolute atomic E-state index is 0.150. The van der Waals surface area contributed by atoms with Crippen LogP contribution in [0.3, 0.4) is 0 Å². The molecule has 26 heavy (non-hydrogen) atoms. The van der Waals surface area contributed by atoms with E-state index >= 15 is 0 Å². The van der Waals surface area contributed by atoms with Crippen LogP contribution in [0.15, 0.2) is 58.8 Å². The van der Waals surface area contributed by atoms with Crippen molar-refractivity contribution in [3.63, 3.8) is 0 Å². The molecule has 0 radical (unpaired) electrons. The SMILES string of the molecule is C=CCn1c(SCC(=O)Nc2ccc(C)c(Cl)c2)nnc1-c1ccco1. The van der Waals surface area contributed by atoms with Gasteiger partial charge in [-0.15, -0.1) is 16.8 Å². The van der Waals surface area contributed by atoms with E-state index in [-0.39, 0.29) is 11.7 Å². The summed E-state index contributed by atoms with van der Waals surface area (Å²) in [7, 11) is 0. The van der Waals surface area contributed by atoms with Crippen LogP contribution in [0.25, 0.3) is 11.6 Å². The van der Waals surface area contributed by atoms with Crippen molar-refractivity contribution >= 4 is 35.0 Å². The van der Waals surface area contributed by atoms with Crippen molar-refractivity contribution in [2.75, 3.05) is 11.1 Å². The van der Waals surface area contributed by atoms with Gasteiger partial charge in [-0.2, -0.15) is 0 Å². The first-order valence-electron chi connectivity index (χ1n) is 7.85. The minimum atomic E-state index is -0.150. The molecule has 0 aliphatic rings. The molecule has 0 fully saturated rings. The molecule has 2 heterocycles. The number of allylic oxidation sites excluding steroid dienone is 1. The van der Waals surface area contributed by atoms with Gasteiger partial charge in [0.05, 0.1) is 12.0 Å². The second-order valence-electron chi connectivity index (χ2n) is 5.48. The molecular formula is C18H17ClN4O2S. The molecule has 0 atom stereocenters. The monoisotopic (exact) mass is 388 g/mol. The van der Waals surface area contributed by atoms with Crippen LogP contribution in [0.2, 0.25) is 5.02 Å². The van der Waals surface area contributed by atoms with Gasteiger partial charge in [-0.1, -0.05) is 35.5 Å². The normalized spacial score (nSPS) is 10.7. The number of aromatic nitrogens is 3. The Labute approximate surface area is 160 Å². The lowest BCUT2D eigenvalue weighted by atomic mass is 10.2. The van der Waals surface area contributed by atoms with E-state index in [1.54, 1.807) is 24.5 Å². The zero-order valence-corrected chi connectivity index (χ0v) is 15.7. The Balaban J connectivity index is 1.68.